The number of nitriles is 1. The molecule has 6 atom stereocenters. The summed E-state index contributed by atoms with van der Waals surface area (Å²) < 4.78 is 32.7. The number of nitrogens with one attached hydrogen (secondary N) is 1. The third kappa shape index (κ3) is 12.0. The van der Waals surface area contributed by atoms with Crippen LogP contribution in [0.2, 0.25) is 0 Å². The predicted octanol–water partition coefficient (Wildman–Crippen LogP) is 7.96. The number of hydrogen-bond donors (Lipinski definition) is 4. The SMILES string of the molecule is CCCCC/C=C\C/C=C\CCCCCCCCOC(=O)[C@H](C)NP(=O)(OC[C@H]1C[C@@](C#N)(c2ccc3c(N)ccnn23)[C@H](O)[C@@H]1O)Oc1ccccc1. The second kappa shape index (κ2) is 21.8. The van der Waals surface area contributed by atoms with Crippen molar-refractivity contribution in [1.29, 1.82) is 5.26 Å². The molecule has 1 saturated carbocycles. The van der Waals surface area contributed by atoms with E-state index in [1.807, 2.05) is 0 Å². The molecule has 1 aromatic carbocycles. The molecule has 2 heterocycles. The molecule has 294 valence electrons. The molecular weight excluding hydrogens is 705 g/mol. The molecule has 12 nitrogen and oxygen atoms in total. The van der Waals surface area contributed by atoms with Crippen LogP contribution in [0.4, 0.5) is 5.69 Å². The molecule has 1 aliphatic carbocycles. The molecule has 1 aliphatic rings. The van der Waals surface area contributed by atoms with Gasteiger partial charge < -0.3 is 25.2 Å². The number of carbonyl (C=O) groups is 1. The number of benzene rings is 1. The highest BCUT2D eigenvalue weighted by molar-refractivity contribution is 7.52. The molecule has 0 aliphatic heterocycles. The minimum atomic E-state index is -4.25. The van der Waals surface area contributed by atoms with Gasteiger partial charge in [0.25, 0.3) is 0 Å². The van der Waals surface area contributed by atoms with Gasteiger partial charge >= 0.3 is 13.7 Å². The zero-order valence-corrected chi connectivity index (χ0v) is 32.6. The summed E-state index contributed by atoms with van der Waals surface area (Å²) in [6.07, 6.45) is 20.9. The number of nitrogens with zero attached hydrogens (tertiary/aromatic N) is 3. The van der Waals surface area contributed by atoms with Gasteiger partial charge in [0, 0.05) is 12.1 Å². The summed E-state index contributed by atoms with van der Waals surface area (Å²) in [7, 11) is -4.25. The number of aliphatic hydroxyl groups excluding tert-OH is 2. The molecule has 4 rings (SSSR count). The van der Waals surface area contributed by atoms with E-state index in [1.165, 1.54) is 56.2 Å². The Balaban J connectivity index is 1.23. The summed E-state index contributed by atoms with van der Waals surface area (Å²) in [6.45, 7) is 3.62. The molecule has 0 amide bonds. The normalized spacial score (nSPS) is 21.7. The highest BCUT2D eigenvalue weighted by atomic mass is 31.2. The van der Waals surface area contributed by atoms with E-state index in [4.69, 9.17) is 19.5 Å². The van der Waals surface area contributed by atoms with E-state index in [0.717, 1.165) is 38.5 Å². The van der Waals surface area contributed by atoms with Crippen molar-refractivity contribution in [2.45, 2.75) is 121 Å². The fraction of sp³-hybridized carbons (Fsp3) is 0.537. The molecule has 1 fully saturated rings. The number of aliphatic hydroxyl groups is 2. The van der Waals surface area contributed by atoms with Crippen molar-refractivity contribution in [3.63, 3.8) is 0 Å². The van der Waals surface area contributed by atoms with Crippen molar-refractivity contribution < 1.29 is 33.4 Å². The van der Waals surface area contributed by atoms with E-state index in [-0.39, 0.29) is 25.4 Å². The highest BCUT2D eigenvalue weighted by Gasteiger charge is 2.56. The third-order valence-corrected chi connectivity index (χ3v) is 11.5. The maximum Gasteiger partial charge on any atom is 0.459 e. The van der Waals surface area contributed by atoms with Gasteiger partial charge in [0.1, 0.15) is 23.3 Å². The van der Waals surface area contributed by atoms with Gasteiger partial charge in [0.05, 0.1) is 42.3 Å². The number of carbonyl (C=O) groups excluding carboxylic acids is 1. The number of rotatable bonds is 24. The topological polar surface area (TPSA) is 181 Å². The number of esters is 1. The number of anilines is 1. The summed E-state index contributed by atoms with van der Waals surface area (Å²) in [5.41, 5.74) is 5.89. The molecular formula is C41H58N5O7P. The first-order chi connectivity index (χ1) is 26.1. The van der Waals surface area contributed by atoms with Crippen molar-refractivity contribution in [1.82, 2.24) is 14.7 Å². The molecule has 3 aromatic rings. The number of nitrogen functional groups attached to an aromatic ring is 1. The van der Waals surface area contributed by atoms with E-state index < -0.39 is 43.3 Å². The first-order valence-electron chi connectivity index (χ1n) is 19.4. The average Bonchev–Trinajstić information content (AvgIpc) is 3.72. The molecule has 1 unspecified atom stereocenters. The smallest absolute Gasteiger partial charge is 0.459 e. The van der Waals surface area contributed by atoms with Crippen molar-refractivity contribution in [3.8, 4) is 11.8 Å². The molecule has 13 heteroatoms. The second-order valence-electron chi connectivity index (χ2n) is 14.1. The highest BCUT2D eigenvalue weighted by Crippen LogP contribution is 2.49. The fourth-order valence-electron chi connectivity index (χ4n) is 6.74. The lowest BCUT2D eigenvalue weighted by Gasteiger charge is -2.25. The van der Waals surface area contributed by atoms with Gasteiger partial charge in [-0.25, -0.2) is 9.08 Å². The summed E-state index contributed by atoms with van der Waals surface area (Å²) >= 11 is 0. The minimum Gasteiger partial charge on any atom is -0.465 e. The standard InChI is InChI=1S/C41H58N5O7P/c1-3-4-5-6-7-8-9-10-11-12-13-14-15-16-17-21-28-51-40(49)32(2)45-54(50,53-34-22-19-18-20-23-34)52-30-33-29-41(31-42,39(48)38(33)47)37-25-24-36-35(43)26-27-44-46(36)37/h7-8,10-11,18-20,22-27,32-33,38-39,47-48H,3-6,9,12-17,21,28-30,43H2,1-2H3,(H,45,50)/b8-7-,11-10-/t32-,33+,38+,39+,41+,54?/m0/s1. The minimum absolute atomic E-state index is 0.0362. The number of aromatic nitrogens is 2. The lowest BCUT2D eigenvalue weighted by Crippen LogP contribution is -2.40. The summed E-state index contributed by atoms with van der Waals surface area (Å²) in [6, 6.07) is 14.5. The van der Waals surface area contributed by atoms with Gasteiger partial charge in [-0.1, -0.05) is 88.0 Å². The number of hydrogen-bond acceptors (Lipinski definition) is 10. The maximum absolute atomic E-state index is 14.1. The van der Waals surface area contributed by atoms with Crippen LogP contribution in [0.1, 0.15) is 103 Å². The van der Waals surface area contributed by atoms with Crippen LogP contribution in [-0.2, 0) is 24.0 Å². The van der Waals surface area contributed by atoms with Crippen molar-refractivity contribution in [2.75, 3.05) is 18.9 Å². The lowest BCUT2D eigenvalue weighted by molar-refractivity contribution is -0.145. The van der Waals surface area contributed by atoms with Crippen LogP contribution in [0, 0.1) is 17.2 Å². The molecule has 2 aromatic heterocycles. The van der Waals surface area contributed by atoms with Crippen LogP contribution in [0.3, 0.4) is 0 Å². The van der Waals surface area contributed by atoms with Crippen LogP contribution in [0.25, 0.3) is 5.52 Å². The lowest BCUT2D eigenvalue weighted by atomic mass is 9.81. The number of allylic oxidation sites excluding steroid dienone is 4. The van der Waals surface area contributed by atoms with E-state index in [2.05, 4.69) is 47.5 Å². The van der Waals surface area contributed by atoms with Gasteiger partial charge in [0.2, 0.25) is 0 Å². The number of fused-ring (bicyclic) bond motifs is 1. The first-order valence-corrected chi connectivity index (χ1v) is 20.9. The van der Waals surface area contributed by atoms with Gasteiger partial charge in [-0.05, 0) is 82.2 Å². The molecule has 0 spiro atoms. The molecule has 54 heavy (non-hydrogen) atoms. The Morgan fingerprint density at radius 2 is 1.72 bits per heavy atom. The monoisotopic (exact) mass is 763 g/mol. The molecule has 0 bridgehead atoms. The van der Waals surface area contributed by atoms with Gasteiger partial charge in [0.15, 0.2) is 0 Å². The van der Waals surface area contributed by atoms with E-state index in [1.54, 1.807) is 48.5 Å². The largest absolute Gasteiger partial charge is 0.465 e. The van der Waals surface area contributed by atoms with Crippen molar-refractivity contribution >= 4 is 24.9 Å². The van der Waals surface area contributed by atoms with Gasteiger partial charge in [-0.3, -0.25) is 9.32 Å². The van der Waals surface area contributed by atoms with Crippen LogP contribution in [-0.4, -0.2) is 57.3 Å². The van der Waals surface area contributed by atoms with Crippen molar-refractivity contribution in [2.24, 2.45) is 5.92 Å². The number of para-hydroxylation sites is 1. The third-order valence-electron chi connectivity index (χ3n) is 9.86. The molecule has 5 N–H and O–H groups in total. The van der Waals surface area contributed by atoms with Crippen LogP contribution < -0.4 is 15.3 Å². The Morgan fingerprint density at radius 3 is 2.43 bits per heavy atom. The van der Waals surface area contributed by atoms with E-state index in [9.17, 15) is 24.8 Å². The van der Waals surface area contributed by atoms with Crippen molar-refractivity contribution in [3.05, 3.63) is 84.7 Å². The zero-order valence-electron chi connectivity index (χ0n) is 31.7. The molecule has 0 radical (unpaired) electrons. The van der Waals surface area contributed by atoms with Gasteiger partial charge in [-0.15, -0.1) is 0 Å². The number of unbranched alkanes of at least 4 members (excludes halogenated alkanes) is 9. The quantitative estimate of drug-likeness (QED) is 0.0301. The zero-order chi connectivity index (χ0) is 38.8. The van der Waals surface area contributed by atoms with Crippen LogP contribution in [0.15, 0.2) is 79.0 Å². The predicted molar refractivity (Wildman–Crippen MR) is 211 cm³/mol. The maximum atomic E-state index is 14.1. The summed E-state index contributed by atoms with van der Waals surface area (Å²) in [5.74, 6) is -1.20. The Kier molecular flexibility index (Phi) is 17.3. The van der Waals surface area contributed by atoms with E-state index in [0.29, 0.717) is 16.9 Å². The first kappa shape index (κ1) is 42.8. The van der Waals surface area contributed by atoms with Crippen LogP contribution in [0.5, 0.6) is 5.75 Å². The number of ether oxygens (including phenoxy) is 1. The Hall–Kier alpha value is -3.98. The van der Waals surface area contributed by atoms with Crippen LogP contribution >= 0.6 is 7.75 Å². The average molecular weight is 764 g/mol. The fourth-order valence-corrected chi connectivity index (χ4v) is 8.29. The Bertz CT molecular complexity index is 1740. The Labute approximate surface area is 320 Å². The summed E-state index contributed by atoms with van der Waals surface area (Å²) in [4.78, 5) is 12.9. The number of nitrogens with two attached hydrogens (primary N) is 1. The molecule has 0 saturated heterocycles. The van der Waals surface area contributed by atoms with Gasteiger partial charge in [-0.2, -0.15) is 15.4 Å². The Morgan fingerprint density at radius 1 is 1.04 bits per heavy atom. The second-order valence-corrected chi connectivity index (χ2v) is 15.8. The van der Waals surface area contributed by atoms with E-state index >= 15 is 0 Å². The summed E-state index contributed by atoms with van der Waals surface area (Å²) in [5, 5.41) is 39.7.